The number of anilines is 1. The van der Waals surface area contributed by atoms with Crippen molar-refractivity contribution in [2.75, 3.05) is 5.32 Å². The van der Waals surface area contributed by atoms with Crippen LogP contribution in [0.5, 0.6) is 0 Å². The van der Waals surface area contributed by atoms with Gasteiger partial charge in [-0.15, -0.1) is 0 Å². The molecular formula is C14H14N2O2. The highest BCUT2D eigenvalue weighted by molar-refractivity contribution is 5.83. The minimum Gasteiger partial charge on any atom is -0.444 e. The van der Waals surface area contributed by atoms with Crippen molar-refractivity contribution in [2.24, 2.45) is 0 Å². The average Bonchev–Trinajstić information content (AvgIpc) is 2.40. The standard InChI is InChI=1S/C14H14N2O2/c1-11-7-8-13(15-9-11)16-14(17)18-10-12-5-3-2-4-6-12/h2-9H,10H2,1H3,(H,15,16,17). The first-order valence-electron chi connectivity index (χ1n) is 5.64. The molecule has 0 radical (unpaired) electrons. The third-order valence-electron chi connectivity index (χ3n) is 2.35. The van der Waals surface area contributed by atoms with Crippen molar-refractivity contribution < 1.29 is 9.53 Å². The first-order valence-corrected chi connectivity index (χ1v) is 5.64. The molecule has 0 fully saturated rings. The van der Waals surface area contributed by atoms with E-state index in [0.29, 0.717) is 5.82 Å². The van der Waals surface area contributed by atoms with E-state index >= 15 is 0 Å². The van der Waals surface area contributed by atoms with E-state index in [1.54, 1.807) is 12.3 Å². The Morgan fingerprint density at radius 2 is 2.00 bits per heavy atom. The lowest BCUT2D eigenvalue weighted by atomic mass is 10.2. The minimum absolute atomic E-state index is 0.249. The molecule has 0 aliphatic rings. The van der Waals surface area contributed by atoms with Crippen LogP contribution in [0.15, 0.2) is 48.7 Å². The third kappa shape index (κ3) is 3.59. The number of carbonyl (C=O) groups is 1. The first-order chi connectivity index (χ1) is 8.74. The van der Waals surface area contributed by atoms with Crippen molar-refractivity contribution in [3.05, 3.63) is 59.8 Å². The Labute approximate surface area is 106 Å². The molecule has 0 bridgehead atoms. The number of amides is 1. The van der Waals surface area contributed by atoms with Crippen LogP contribution in [0.25, 0.3) is 0 Å². The zero-order valence-electron chi connectivity index (χ0n) is 10.1. The lowest BCUT2D eigenvalue weighted by Crippen LogP contribution is -2.14. The number of pyridine rings is 1. The number of aromatic nitrogens is 1. The Bertz CT molecular complexity index is 509. The summed E-state index contributed by atoms with van der Waals surface area (Å²) in [6, 6.07) is 13.1. The number of benzene rings is 1. The molecule has 4 nitrogen and oxygen atoms in total. The highest BCUT2D eigenvalue weighted by Crippen LogP contribution is 2.06. The van der Waals surface area contributed by atoms with Gasteiger partial charge in [0, 0.05) is 6.20 Å². The molecule has 4 heteroatoms. The summed E-state index contributed by atoms with van der Waals surface area (Å²) >= 11 is 0. The number of hydrogen-bond acceptors (Lipinski definition) is 3. The Balaban J connectivity index is 1.84. The molecule has 0 saturated heterocycles. The maximum absolute atomic E-state index is 11.5. The summed E-state index contributed by atoms with van der Waals surface area (Å²) < 4.78 is 5.07. The molecular weight excluding hydrogens is 228 g/mol. The van der Waals surface area contributed by atoms with Gasteiger partial charge in [0.15, 0.2) is 0 Å². The van der Waals surface area contributed by atoms with E-state index in [0.717, 1.165) is 11.1 Å². The van der Waals surface area contributed by atoms with Gasteiger partial charge in [-0.25, -0.2) is 9.78 Å². The van der Waals surface area contributed by atoms with E-state index in [1.165, 1.54) is 0 Å². The molecule has 2 rings (SSSR count). The number of rotatable bonds is 3. The van der Waals surface area contributed by atoms with E-state index in [4.69, 9.17) is 4.74 Å². The molecule has 0 saturated carbocycles. The number of nitrogens with zero attached hydrogens (tertiary/aromatic N) is 1. The fourth-order valence-corrected chi connectivity index (χ4v) is 1.41. The van der Waals surface area contributed by atoms with Gasteiger partial charge >= 0.3 is 6.09 Å². The largest absolute Gasteiger partial charge is 0.444 e. The summed E-state index contributed by atoms with van der Waals surface area (Å²) in [5.74, 6) is 0.485. The van der Waals surface area contributed by atoms with Crippen LogP contribution in [0, 0.1) is 6.92 Å². The van der Waals surface area contributed by atoms with Crippen LogP contribution >= 0.6 is 0 Å². The number of nitrogens with one attached hydrogen (secondary N) is 1. The van der Waals surface area contributed by atoms with Crippen molar-refractivity contribution >= 4 is 11.9 Å². The monoisotopic (exact) mass is 242 g/mol. The first kappa shape index (κ1) is 12.1. The van der Waals surface area contributed by atoms with E-state index in [-0.39, 0.29) is 6.61 Å². The topological polar surface area (TPSA) is 51.2 Å². The van der Waals surface area contributed by atoms with Crippen LogP contribution in [-0.4, -0.2) is 11.1 Å². The second-order valence-electron chi connectivity index (χ2n) is 3.91. The molecule has 2 aromatic rings. The summed E-state index contributed by atoms with van der Waals surface area (Å²) in [7, 11) is 0. The molecule has 1 aromatic carbocycles. The predicted molar refractivity (Wildman–Crippen MR) is 69.2 cm³/mol. The number of ether oxygens (including phenoxy) is 1. The minimum atomic E-state index is -0.504. The number of hydrogen-bond donors (Lipinski definition) is 1. The zero-order chi connectivity index (χ0) is 12.8. The summed E-state index contributed by atoms with van der Waals surface area (Å²) in [4.78, 5) is 15.6. The Hall–Kier alpha value is -2.36. The summed E-state index contributed by atoms with van der Waals surface area (Å²) in [5, 5.41) is 2.57. The smallest absolute Gasteiger partial charge is 0.413 e. The molecule has 1 N–H and O–H groups in total. The van der Waals surface area contributed by atoms with Gasteiger partial charge in [0.05, 0.1) is 0 Å². The van der Waals surface area contributed by atoms with Crippen molar-refractivity contribution in [1.29, 1.82) is 0 Å². The van der Waals surface area contributed by atoms with Crippen molar-refractivity contribution in [1.82, 2.24) is 4.98 Å². The molecule has 0 aliphatic heterocycles. The maximum atomic E-state index is 11.5. The van der Waals surface area contributed by atoms with Crippen LogP contribution in [-0.2, 0) is 11.3 Å². The summed E-state index contributed by atoms with van der Waals surface area (Å²) in [6.45, 7) is 2.18. The normalized spacial score (nSPS) is 9.83. The second-order valence-corrected chi connectivity index (χ2v) is 3.91. The molecule has 0 spiro atoms. The molecule has 1 heterocycles. The Morgan fingerprint density at radius 1 is 1.22 bits per heavy atom. The molecule has 0 aliphatic carbocycles. The van der Waals surface area contributed by atoms with Gasteiger partial charge in [-0.05, 0) is 24.1 Å². The van der Waals surface area contributed by atoms with Crippen LogP contribution in [0.3, 0.4) is 0 Å². The van der Waals surface area contributed by atoms with Gasteiger partial charge in [0.2, 0.25) is 0 Å². The maximum Gasteiger partial charge on any atom is 0.413 e. The van der Waals surface area contributed by atoms with Crippen LogP contribution < -0.4 is 5.32 Å². The van der Waals surface area contributed by atoms with Gasteiger partial charge in [-0.2, -0.15) is 0 Å². The molecule has 92 valence electrons. The zero-order valence-corrected chi connectivity index (χ0v) is 10.1. The highest BCUT2D eigenvalue weighted by atomic mass is 16.5. The van der Waals surface area contributed by atoms with Crippen LogP contribution in [0.2, 0.25) is 0 Å². The van der Waals surface area contributed by atoms with E-state index < -0.39 is 6.09 Å². The number of aryl methyl sites for hydroxylation is 1. The van der Waals surface area contributed by atoms with Gasteiger partial charge < -0.3 is 4.74 Å². The molecule has 0 atom stereocenters. The fraction of sp³-hybridized carbons (Fsp3) is 0.143. The average molecular weight is 242 g/mol. The SMILES string of the molecule is Cc1ccc(NC(=O)OCc2ccccc2)nc1. The summed E-state index contributed by atoms with van der Waals surface area (Å²) in [5.41, 5.74) is 1.99. The number of carbonyl (C=O) groups excluding carboxylic acids is 1. The third-order valence-corrected chi connectivity index (χ3v) is 2.35. The van der Waals surface area contributed by atoms with Gasteiger partial charge in [-0.1, -0.05) is 36.4 Å². The van der Waals surface area contributed by atoms with Crippen molar-refractivity contribution in [3.63, 3.8) is 0 Å². The van der Waals surface area contributed by atoms with E-state index in [2.05, 4.69) is 10.3 Å². The predicted octanol–water partition coefficient (Wildman–Crippen LogP) is 3.14. The van der Waals surface area contributed by atoms with Crippen LogP contribution in [0.4, 0.5) is 10.6 Å². The fourth-order valence-electron chi connectivity index (χ4n) is 1.41. The highest BCUT2D eigenvalue weighted by Gasteiger charge is 2.03. The lowest BCUT2D eigenvalue weighted by molar-refractivity contribution is 0.155. The van der Waals surface area contributed by atoms with Gasteiger partial charge in [0.1, 0.15) is 12.4 Å². The Kier molecular flexibility index (Phi) is 3.91. The second kappa shape index (κ2) is 5.82. The quantitative estimate of drug-likeness (QED) is 0.899. The van der Waals surface area contributed by atoms with Crippen molar-refractivity contribution in [2.45, 2.75) is 13.5 Å². The van der Waals surface area contributed by atoms with Gasteiger partial charge in [-0.3, -0.25) is 5.32 Å². The molecule has 1 aromatic heterocycles. The van der Waals surface area contributed by atoms with Gasteiger partial charge in [0.25, 0.3) is 0 Å². The Morgan fingerprint density at radius 3 is 2.67 bits per heavy atom. The van der Waals surface area contributed by atoms with E-state index in [9.17, 15) is 4.79 Å². The van der Waals surface area contributed by atoms with Crippen molar-refractivity contribution in [3.8, 4) is 0 Å². The lowest BCUT2D eigenvalue weighted by Gasteiger charge is -2.06. The summed E-state index contributed by atoms with van der Waals surface area (Å²) in [6.07, 6.45) is 1.18. The van der Waals surface area contributed by atoms with Crippen LogP contribution in [0.1, 0.15) is 11.1 Å². The molecule has 18 heavy (non-hydrogen) atoms. The van der Waals surface area contributed by atoms with E-state index in [1.807, 2.05) is 43.3 Å². The molecule has 0 unspecified atom stereocenters. The molecule has 1 amide bonds.